The lowest BCUT2D eigenvalue weighted by atomic mass is 10.0. The van der Waals surface area contributed by atoms with E-state index in [9.17, 15) is 4.39 Å². The number of phenols is 1. The molecule has 0 aliphatic rings. The van der Waals surface area contributed by atoms with Crippen LogP contribution in [0.1, 0.15) is 24.4 Å². The summed E-state index contributed by atoms with van der Waals surface area (Å²) in [4.78, 5) is 0. The van der Waals surface area contributed by atoms with Crippen LogP contribution in [0.25, 0.3) is 0 Å². The van der Waals surface area contributed by atoms with Crippen LogP contribution in [0.4, 0.5) is 4.39 Å². The number of phenolic OH excluding ortho intramolecular Hbond substituents is 1. The zero-order valence-corrected chi connectivity index (χ0v) is 7.78. The van der Waals surface area contributed by atoms with E-state index < -0.39 is 5.82 Å². The molecule has 1 aromatic rings. The van der Waals surface area contributed by atoms with E-state index in [2.05, 4.69) is 0 Å². The highest BCUT2D eigenvalue weighted by atomic mass is 19.1. The van der Waals surface area contributed by atoms with Gasteiger partial charge in [0.15, 0.2) is 11.6 Å². The summed E-state index contributed by atoms with van der Waals surface area (Å²) in [6.45, 7) is 0.0776. The van der Waals surface area contributed by atoms with Crippen molar-refractivity contribution in [2.75, 3.05) is 6.61 Å². The van der Waals surface area contributed by atoms with Crippen molar-refractivity contribution in [1.82, 2.24) is 0 Å². The third-order valence-electron chi connectivity index (χ3n) is 2.07. The van der Waals surface area contributed by atoms with Crippen LogP contribution >= 0.6 is 0 Å². The van der Waals surface area contributed by atoms with E-state index in [1.807, 2.05) is 0 Å². The highest BCUT2D eigenvalue weighted by Crippen LogP contribution is 2.21. The molecule has 0 amide bonds. The van der Waals surface area contributed by atoms with Crippen LogP contribution in [0.2, 0.25) is 0 Å². The Morgan fingerprint density at radius 3 is 2.71 bits per heavy atom. The molecule has 0 aliphatic heterocycles. The Bertz CT molecular complexity index is 304. The Morgan fingerprint density at radius 1 is 1.43 bits per heavy atom. The van der Waals surface area contributed by atoms with Crippen molar-refractivity contribution in [3.63, 3.8) is 0 Å². The van der Waals surface area contributed by atoms with Crippen LogP contribution in [0.15, 0.2) is 18.2 Å². The number of benzene rings is 1. The molecule has 0 fully saturated rings. The quantitative estimate of drug-likeness (QED) is 0.684. The Hall–Kier alpha value is -1.13. The van der Waals surface area contributed by atoms with Gasteiger partial charge in [-0.25, -0.2) is 4.39 Å². The molecular formula is C10H14FNO2. The first-order valence-electron chi connectivity index (χ1n) is 4.50. The largest absolute Gasteiger partial charge is 0.505 e. The highest BCUT2D eigenvalue weighted by Gasteiger charge is 2.08. The summed E-state index contributed by atoms with van der Waals surface area (Å²) in [7, 11) is 0. The molecule has 4 N–H and O–H groups in total. The summed E-state index contributed by atoms with van der Waals surface area (Å²) in [5.74, 6) is -1.04. The first-order valence-corrected chi connectivity index (χ1v) is 4.50. The third-order valence-corrected chi connectivity index (χ3v) is 2.07. The molecule has 78 valence electrons. The zero-order chi connectivity index (χ0) is 10.6. The number of rotatable bonds is 4. The summed E-state index contributed by atoms with van der Waals surface area (Å²) >= 11 is 0. The average Bonchev–Trinajstić information content (AvgIpc) is 2.18. The maximum Gasteiger partial charge on any atom is 0.165 e. The predicted molar refractivity (Wildman–Crippen MR) is 51.3 cm³/mol. The maximum absolute atomic E-state index is 12.9. The molecule has 0 bridgehead atoms. The molecule has 0 unspecified atom stereocenters. The molecule has 1 aromatic carbocycles. The Morgan fingerprint density at radius 2 is 2.14 bits per heavy atom. The smallest absolute Gasteiger partial charge is 0.165 e. The summed E-state index contributed by atoms with van der Waals surface area (Å²) < 4.78 is 12.9. The lowest BCUT2D eigenvalue weighted by Gasteiger charge is -2.11. The maximum atomic E-state index is 12.9. The van der Waals surface area contributed by atoms with Crippen LogP contribution in [0.5, 0.6) is 5.75 Å². The van der Waals surface area contributed by atoms with E-state index in [1.54, 1.807) is 6.07 Å². The van der Waals surface area contributed by atoms with Crippen molar-refractivity contribution in [2.24, 2.45) is 5.73 Å². The monoisotopic (exact) mass is 199 g/mol. The van der Waals surface area contributed by atoms with E-state index >= 15 is 0 Å². The molecular weight excluding hydrogens is 185 g/mol. The normalized spacial score (nSPS) is 12.8. The van der Waals surface area contributed by atoms with Gasteiger partial charge in [-0.3, -0.25) is 0 Å². The first-order chi connectivity index (χ1) is 6.65. The Kier molecular flexibility index (Phi) is 3.85. The van der Waals surface area contributed by atoms with E-state index in [0.29, 0.717) is 18.4 Å². The van der Waals surface area contributed by atoms with E-state index in [4.69, 9.17) is 15.9 Å². The third kappa shape index (κ3) is 2.68. The molecule has 4 heteroatoms. The topological polar surface area (TPSA) is 66.5 Å². The molecule has 0 aromatic heterocycles. The van der Waals surface area contributed by atoms with Crippen LogP contribution in [-0.2, 0) is 0 Å². The molecule has 0 heterocycles. The number of halogens is 1. The number of aliphatic hydroxyl groups is 1. The minimum Gasteiger partial charge on any atom is -0.505 e. The fraction of sp³-hybridized carbons (Fsp3) is 0.400. The molecule has 0 radical (unpaired) electrons. The van der Waals surface area contributed by atoms with Gasteiger partial charge in [0.2, 0.25) is 0 Å². The number of hydrogen-bond acceptors (Lipinski definition) is 3. The number of hydrogen-bond donors (Lipinski definition) is 3. The van der Waals surface area contributed by atoms with Gasteiger partial charge in [-0.05, 0) is 30.5 Å². The average molecular weight is 199 g/mol. The minimum absolute atomic E-state index is 0.0776. The first kappa shape index (κ1) is 10.9. The van der Waals surface area contributed by atoms with E-state index in [0.717, 1.165) is 0 Å². The Balaban J connectivity index is 2.70. The number of aromatic hydroxyl groups is 1. The van der Waals surface area contributed by atoms with Gasteiger partial charge < -0.3 is 15.9 Å². The van der Waals surface area contributed by atoms with Gasteiger partial charge in [0, 0.05) is 12.6 Å². The fourth-order valence-corrected chi connectivity index (χ4v) is 1.23. The SMILES string of the molecule is N[C@H](CCCO)c1ccc(O)c(F)c1. The number of nitrogens with two attached hydrogens (primary N) is 1. The van der Waals surface area contributed by atoms with E-state index in [-0.39, 0.29) is 18.4 Å². The summed E-state index contributed by atoms with van der Waals surface area (Å²) in [6, 6.07) is 3.79. The molecule has 1 atom stereocenters. The van der Waals surface area contributed by atoms with Crippen LogP contribution in [0, 0.1) is 5.82 Å². The van der Waals surface area contributed by atoms with Crippen LogP contribution in [-0.4, -0.2) is 16.8 Å². The zero-order valence-electron chi connectivity index (χ0n) is 7.78. The van der Waals surface area contributed by atoms with Gasteiger partial charge in [0.25, 0.3) is 0 Å². The molecule has 0 spiro atoms. The van der Waals surface area contributed by atoms with Crippen LogP contribution in [0.3, 0.4) is 0 Å². The Labute approximate surface area is 82.0 Å². The van der Waals surface area contributed by atoms with Crippen molar-refractivity contribution in [3.05, 3.63) is 29.6 Å². The summed E-state index contributed by atoms with van der Waals surface area (Å²) in [6.07, 6.45) is 1.18. The lowest BCUT2D eigenvalue weighted by Crippen LogP contribution is -2.10. The van der Waals surface area contributed by atoms with E-state index in [1.165, 1.54) is 12.1 Å². The molecule has 0 saturated heterocycles. The van der Waals surface area contributed by atoms with Gasteiger partial charge in [0.05, 0.1) is 0 Å². The second kappa shape index (κ2) is 4.93. The lowest BCUT2D eigenvalue weighted by molar-refractivity contribution is 0.280. The molecule has 1 rings (SSSR count). The second-order valence-electron chi connectivity index (χ2n) is 3.18. The summed E-state index contributed by atoms with van der Waals surface area (Å²) in [5.41, 5.74) is 6.37. The molecule has 0 saturated carbocycles. The molecule has 0 aliphatic carbocycles. The van der Waals surface area contributed by atoms with Gasteiger partial charge >= 0.3 is 0 Å². The van der Waals surface area contributed by atoms with Gasteiger partial charge in [-0.1, -0.05) is 6.07 Å². The molecule has 14 heavy (non-hydrogen) atoms. The van der Waals surface area contributed by atoms with Crippen molar-refractivity contribution in [3.8, 4) is 5.75 Å². The van der Waals surface area contributed by atoms with Crippen molar-refractivity contribution in [2.45, 2.75) is 18.9 Å². The fourth-order valence-electron chi connectivity index (χ4n) is 1.23. The molecule has 3 nitrogen and oxygen atoms in total. The van der Waals surface area contributed by atoms with Gasteiger partial charge in [0.1, 0.15) is 0 Å². The van der Waals surface area contributed by atoms with Gasteiger partial charge in [-0.15, -0.1) is 0 Å². The van der Waals surface area contributed by atoms with Crippen molar-refractivity contribution < 1.29 is 14.6 Å². The number of aliphatic hydroxyl groups excluding tert-OH is 1. The standard InChI is InChI=1S/C10H14FNO2/c11-8-6-7(3-4-10(8)14)9(12)2-1-5-13/h3-4,6,9,13-14H,1-2,5,12H2/t9-/m1/s1. The van der Waals surface area contributed by atoms with Crippen LogP contribution < -0.4 is 5.73 Å². The predicted octanol–water partition coefficient (Wildman–Crippen LogP) is 1.30. The van der Waals surface area contributed by atoms with Gasteiger partial charge in [-0.2, -0.15) is 0 Å². The minimum atomic E-state index is -0.665. The van der Waals surface area contributed by atoms with Crippen molar-refractivity contribution in [1.29, 1.82) is 0 Å². The van der Waals surface area contributed by atoms with Crippen molar-refractivity contribution >= 4 is 0 Å². The second-order valence-corrected chi connectivity index (χ2v) is 3.18. The highest BCUT2D eigenvalue weighted by molar-refractivity contribution is 5.29. The summed E-state index contributed by atoms with van der Waals surface area (Å²) in [5, 5.41) is 17.5.